The number of carboxylic acid groups (broad SMARTS) is 1. The largest absolute Gasteiger partial charge is 0.465 e. The van der Waals surface area contributed by atoms with Gasteiger partial charge in [-0.15, -0.1) is 10.2 Å². The Balaban J connectivity index is 1.59. The minimum absolute atomic E-state index is 0.171. The maximum absolute atomic E-state index is 13.9. The van der Waals surface area contributed by atoms with Crippen LogP contribution in [0.3, 0.4) is 0 Å². The number of morpholine rings is 1. The number of nitrogens with one attached hydrogen (secondary N) is 2. The van der Waals surface area contributed by atoms with Gasteiger partial charge >= 0.3 is 12.3 Å². The van der Waals surface area contributed by atoms with Crippen LogP contribution in [0.1, 0.15) is 22.3 Å². The highest BCUT2D eigenvalue weighted by molar-refractivity contribution is 6.12. The van der Waals surface area contributed by atoms with Crippen LogP contribution in [-0.4, -0.2) is 64.0 Å². The summed E-state index contributed by atoms with van der Waals surface area (Å²) in [7, 11) is 0. The highest BCUT2D eigenvalue weighted by Gasteiger charge is 2.37. The van der Waals surface area contributed by atoms with Crippen LogP contribution < -0.4 is 15.5 Å². The third kappa shape index (κ3) is 6.22. The van der Waals surface area contributed by atoms with Crippen molar-refractivity contribution in [3.05, 3.63) is 60.2 Å². The molecule has 0 radical (unpaired) electrons. The number of aromatic nitrogens is 3. The fourth-order valence-electron chi connectivity index (χ4n) is 3.82. The molecule has 0 saturated carbocycles. The Hall–Kier alpha value is -4.46. The summed E-state index contributed by atoms with van der Waals surface area (Å²) < 4.78 is 48.5. The number of rotatable bonds is 7. The number of benzene rings is 2. The monoisotopic (exact) mass is 518 g/mol. The summed E-state index contributed by atoms with van der Waals surface area (Å²) in [6, 6.07) is 7.95. The standard InChI is InChI=1S/C23H21F3N6O5/c24-23(25,26)16-9-17(18(30-22(35)36)10-19(16)31-4-6-37-7-5-31)29-21(34)11-20(33)14-2-1-3-15(8-14)32-12-27-28-13-32/h1-3,8-10,12-13,30H,4-7,11H2,(H,29,34)(H,35,36). The second kappa shape index (κ2) is 10.7. The molecule has 0 bridgehead atoms. The lowest BCUT2D eigenvalue weighted by atomic mass is 10.1. The van der Waals surface area contributed by atoms with Crippen LogP contribution in [0.15, 0.2) is 49.1 Å². The molecule has 0 spiro atoms. The van der Waals surface area contributed by atoms with E-state index in [0.29, 0.717) is 11.8 Å². The second-order valence-corrected chi connectivity index (χ2v) is 8.01. The molecule has 4 rings (SSSR count). The Morgan fingerprint density at radius 2 is 1.68 bits per heavy atom. The lowest BCUT2D eigenvalue weighted by Gasteiger charge is -2.32. The van der Waals surface area contributed by atoms with Gasteiger partial charge in [-0.05, 0) is 24.3 Å². The summed E-state index contributed by atoms with van der Waals surface area (Å²) in [6.45, 7) is 0.754. The van der Waals surface area contributed by atoms with Crippen molar-refractivity contribution in [1.82, 2.24) is 14.8 Å². The number of alkyl halides is 3. The summed E-state index contributed by atoms with van der Waals surface area (Å²) >= 11 is 0. The van der Waals surface area contributed by atoms with Gasteiger partial charge in [0, 0.05) is 24.3 Å². The summed E-state index contributed by atoms with van der Waals surface area (Å²) in [5, 5.41) is 20.8. The van der Waals surface area contributed by atoms with E-state index in [1.165, 1.54) is 29.7 Å². The molecule has 194 valence electrons. The average molecular weight is 518 g/mol. The third-order valence-corrected chi connectivity index (χ3v) is 5.51. The van der Waals surface area contributed by atoms with E-state index in [1.54, 1.807) is 16.7 Å². The first-order chi connectivity index (χ1) is 17.6. The third-order valence-electron chi connectivity index (χ3n) is 5.51. The van der Waals surface area contributed by atoms with Gasteiger partial charge in [-0.3, -0.25) is 19.5 Å². The average Bonchev–Trinajstić information content (AvgIpc) is 3.39. The maximum atomic E-state index is 13.9. The van der Waals surface area contributed by atoms with Crippen molar-refractivity contribution in [3.8, 4) is 5.69 Å². The van der Waals surface area contributed by atoms with Gasteiger partial charge < -0.3 is 20.1 Å². The predicted octanol–water partition coefficient (Wildman–Crippen LogP) is 3.42. The molecule has 0 unspecified atom stereocenters. The Bertz CT molecular complexity index is 1310. The van der Waals surface area contributed by atoms with Gasteiger partial charge in [-0.2, -0.15) is 13.2 Å². The number of amides is 2. The lowest BCUT2D eigenvalue weighted by Crippen LogP contribution is -2.37. The van der Waals surface area contributed by atoms with Gasteiger partial charge in [0.2, 0.25) is 5.91 Å². The Kier molecular flexibility index (Phi) is 7.38. The van der Waals surface area contributed by atoms with Crippen LogP contribution in [-0.2, 0) is 15.7 Å². The van der Waals surface area contributed by atoms with Crippen molar-refractivity contribution in [1.29, 1.82) is 0 Å². The molecule has 1 aromatic heterocycles. The zero-order valence-corrected chi connectivity index (χ0v) is 19.2. The number of hydrogen-bond donors (Lipinski definition) is 3. The number of Topliss-reactive ketones (excluding diaryl/α,β-unsaturated/α-hetero) is 1. The van der Waals surface area contributed by atoms with E-state index in [4.69, 9.17) is 4.74 Å². The Morgan fingerprint density at radius 1 is 1.00 bits per heavy atom. The molecule has 1 fully saturated rings. The lowest BCUT2D eigenvalue weighted by molar-refractivity contribution is -0.137. The Labute approximate surface area is 207 Å². The van der Waals surface area contributed by atoms with Gasteiger partial charge in [0.25, 0.3) is 0 Å². The zero-order chi connectivity index (χ0) is 26.6. The highest BCUT2D eigenvalue weighted by atomic mass is 19.4. The summed E-state index contributed by atoms with van der Waals surface area (Å²) in [6.07, 6.45) is -4.18. The van der Waals surface area contributed by atoms with Gasteiger partial charge in [-0.25, -0.2) is 4.79 Å². The maximum Gasteiger partial charge on any atom is 0.418 e. The molecule has 0 aliphatic carbocycles. The molecule has 2 heterocycles. The molecule has 0 atom stereocenters. The molecule has 2 aromatic carbocycles. The van der Waals surface area contributed by atoms with E-state index in [1.807, 2.05) is 5.32 Å². The van der Waals surface area contributed by atoms with Gasteiger partial charge in [0.15, 0.2) is 5.78 Å². The first kappa shape index (κ1) is 25.6. The SMILES string of the molecule is O=C(O)Nc1cc(N2CCOCC2)c(C(F)(F)F)cc1NC(=O)CC(=O)c1cccc(-n2cnnc2)c1. The van der Waals surface area contributed by atoms with Crippen molar-refractivity contribution in [2.45, 2.75) is 12.6 Å². The van der Waals surface area contributed by atoms with E-state index in [2.05, 4.69) is 15.5 Å². The number of nitrogens with zero attached hydrogens (tertiary/aromatic N) is 4. The molecular weight excluding hydrogens is 497 g/mol. The first-order valence-corrected chi connectivity index (χ1v) is 11.0. The van der Waals surface area contributed by atoms with E-state index in [9.17, 15) is 32.7 Å². The van der Waals surface area contributed by atoms with E-state index < -0.39 is 41.6 Å². The van der Waals surface area contributed by atoms with Crippen LogP contribution >= 0.6 is 0 Å². The van der Waals surface area contributed by atoms with E-state index in [0.717, 1.165) is 6.07 Å². The summed E-state index contributed by atoms with van der Waals surface area (Å²) in [5.74, 6) is -1.51. The fourth-order valence-corrected chi connectivity index (χ4v) is 3.82. The molecular formula is C23H21F3N6O5. The molecule has 11 nitrogen and oxygen atoms in total. The van der Waals surface area contributed by atoms with E-state index >= 15 is 0 Å². The van der Waals surface area contributed by atoms with Crippen LogP contribution in [0.4, 0.5) is 35.0 Å². The molecule has 1 aliphatic heterocycles. The first-order valence-electron chi connectivity index (χ1n) is 11.0. The van der Waals surface area contributed by atoms with Crippen LogP contribution in [0.5, 0.6) is 0 Å². The van der Waals surface area contributed by atoms with Crippen molar-refractivity contribution in [2.75, 3.05) is 41.8 Å². The molecule has 3 aromatic rings. The number of anilines is 3. The normalized spacial score (nSPS) is 13.8. The van der Waals surface area contributed by atoms with Crippen molar-refractivity contribution >= 4 is 34.8 Å². The number of hydrogen-bond acceptors (Lipinski definition) is 7. The molecule has 37 heavy (non-hydrogen) atoms. The minimum Gasteiger partial charge on any atom is -0.465 e. The Morgan fingerprint density at radius 3 is 2.32 bits per heavy atom. The van der Waals surface area contributed by atoms with Crippen LogP contribution in [0.2, 0.25) is 0 Å². The quantitative estimate of drug-likeness (QED) is 0.320. The number of carbonyl (C=O) groups is 3. The molecule has 1 aliphatic rings. The minimum atomic E-state index is -4.80. The van der Waals surface area contributed by atoms with Crippen molar-refractivity contribution in [2.24, 2.45) is 0 Å². The zero-order valence-electron chi connectivity index (χ0n) is 19.2. The number of halogens is 3. The van der Waals surface area contributed by atoms with E-state index in [-0.39, 0.29) is 43.2 Å². The van der Waals surface area contributed by atoms with Crippen molar-refractivity contribution < 1.29 is 37.4 Å². The molecule has 2 amide bonds. The van der Waals surface area contributed by atoms with Gasteiger partial charge in [0.1, 0.15) is 12.7 Å². The van der Waals surface area contributed by atoms with Gasteiger partial charge in [-0.1, -0.05) is 12.1 Å². The second-order valence-electron chi connectivity index (χ2n) is 8.01. The van der Waals surface area contributed by atoms with Crippen LogP contribution in [0, 0.1) is 0 Å². The number of ketones is 1. The summed E-state index contributed by atoms with van der Waals surface area (Å²) in [4.78, 5) is 38.1. The topological polar surface area (TPSA) is 139 Å². The molecule has 3 N–H and O–H groups in total. The summed E-state index contributed by atoms with van der Waals surface area (Å²) in [5.41, 5.74) is -1.25. The number of ether oxygens (including phenoxy) is 1. The number of carbonyl (C=O) groups excluding carboxylic acids is 2. The van der Waals surface area contributed by atoms with Crippen LogP contribution in [0.25, 0.3) is 5.69 Å². The smallest absolute Gasteiger partial charge is 0.418 e. The predicted molar refractivity (Wildman–Crippen MR) is 125 cm³/mol. The fraction of sp³-hybridized carbons (Fsp3) is 0.261. The highest BCUT2D eigenvalue weighted by Crippen LogP contribution is 2.42. The van der Waals surface area contributed by atoms with Crippen molar-refractivity contribution in [3.63, 3.8) is 0 Å². The molecule has 1 saturated heterocycles. The molecule has 14 heteroatoms. The van der Waals surface area contributed by atoms with Gasteiger partial charge in [0.05, 0.1) is 42.3 Å².